The summed E-state index contributed by atoms with van der Waals surface area (Å²) in [5.74, 6) is 0. The van der Waals surface area contributed by atoms with Gasteiger partial charge in [-0.1, -0.05) is 23.8 Å². The lowest BCUT2D eigenvalue weighted by Gasteiger charge is -2.02. The average Bonchev–Trinajstić information content (AvgIpc) is 2.34. The van der Waals surface area contributed by atoms with Crippen LogP contribution < -0.4 is 0 Å². The molecule has 0 saturated heterocycles. The summed E-state index contributed by atoms with van der Waals surface area (Å²) >= 11 is 0. The molecule has 0 heterocycles. The van der Waals surface area contributed by atoms with Crippen LogP contribution in [-0.2, 0) is 4.74 Å². The summed E-state index contributed by atoms with van der Waals surface area (Å²) in [5, 5.41) is 17.1. The van der Waals surface area contributed by atoms with E-state index in [-0.39, 0.29) is 6.61 Å². The highest BCUT2D eigenvalue weighted by atomic mass is 16.7. The molecule has 94 valence electrons. The van der Waals surface area contributed by atoms with Crippen LogP contribution in [0.5, 0.6) is 0 Å². The lowest BCUT2D eigenvalue weighted by molar-refractivity contribution is 0.0907. The molecule has 0 aliphatic rings. The molecular weight excluding hydrogens is 230 g/mol. The Morgan fingerprint density at radius 3 is 3.00 bits per heavy atom. The van der Waals surface area contributed by atoms with Gasteiger partial charge in [-0.15, -0.1) is 0 Å². The van der Waals surface area contributed by atoms with Crippen LogP contribution in [0.4, 0.5) is 4.79 Å². The maximum absolute atomic E-state index is 10.1. The average molecular weight is 245 g/mol. The van der Waals surface area contributed by atoms with Gasteiger partial charge in [-0.05, 0) is 37.5 Å². The molecule has 4 nitrogen and oxygen atoms in total. The van der Waals surface area contributed by atoms with Gasteiger partial charge in [-0.2, -0.15) is 5.26 Å². The van der Waals surface area contributed by atoms with Crippen LogP contribution in [0.15, 0.2) is 29.8 Å². The highest BCUT2D eigenvalue weighted by Gasteiger charge is 1.98. The van der Waals surface area contributed by atoms with Crippen molar-refractivity contribution in [1.82, 2.24) is 0 Å². The lowest BCUT2D eigenvalue weighted by atomic mass is 10.1. The molecule has 1 N–H and O–H groups in total. The first-order valence-electron chi connectivity index (χ1n) is 5.65. The molecule has 4 heteroatoms. The zero-order valence-electron chi connectivity index (χ0n) is 10.2. The number of nitriles is 1. The zero-order chi connectivity index (χ0) is 13.4. The maximum atomic E-state index is 10.1. The topological polar surface area (TPSA) is 70.3 Å². The number of benzene rings is 1. The van der Waals surface area contributed by atoms with Crippen molar-refractivity contribution in [3.05, 3.63) is 41.0 Å². The fourth-order valence-corrected chi connectivity index (χ4v) is 1.57. The van der Waals surface area contributed by atoms with Crippen molar-refractivity contribution in [2.75, 3.05) is 6.61 Å². The lowest BCUT2D eigenvalue weighted by Crippen LogP contribution is -2.01. The fraction of sp³-hybridized carbons (Fsp3) is 0.286. The molecule has 0 spiro atoms. The van der Waals surface area contributed by atoms with Gasteiger partial charge >= 0.3 is 6.16 Å². The van der Waals surface area contributed by atoms with Gasteiger partial charge in [0.05, 0.1) is 18.2 Å². The Bertz CT molecular complexity index is 486. The van der Waals surface area contributed by atoms with E-state index >= 15 is 0 Å². The fourth-order valence-electron chi connectivity index (χ4n) is 1.57. The number of hydrogen-bond acceptors (Lipinski definition) is 3. The van der Waals surface area contributed by atoms with Gasteiger partial charge in [0.1, 0.15) is 0 Å². The highest BCUT2D eigenvalue weighted by Crippen LogP contribution is 2.12. The molecule has 1 aromatic carbocycles. The number of ether oxygens (including phenoxy) is 1. The molecule has 0 atom stereocenters. The van der Waals surface area contributed by atoms with E-state index in [0.717, 1.165) is 17.6 Å². The molecule has 0 aliphatic heterocycles. The van der Waals surface area contributed by atoms with Gasteiger partial charge in [-0.25, -0.2) is 4.79 Å². The SMILES string of the molecule is CC(=Cc1cccc(C#N)c1)CCCOC(=O)O. The predicted octanol–water partition coefficient (Wildman–Crippen LogP) is 3.44. The van der Waals surface area contributed by atoms with Crippen LogP contribution >= 0.6 is 0 Å². The summed E-state index contributed by atoms with van der Waals surface area (Å²) in [6, 6.07) is 9.43. The number of allylic oxidation sites excluding steroid dienone is 1. The first kappa shape index (κ1) is 13.8. The largest absolute Gasteiger partial charge is 0.505 e. The van der Waals surface area contributed by atoms with E-state index in [2.05, 4.69) is 10.8 Å². The van der Waals surface area contributed by atoms with E-state index in [0.29, 0.717) is 12.0 Å². The molecule has 0 unspecified atom stereocenters. The minimum Gasteiger partial charge on any atom is -0.450 e. The molecule has 0 saturated carbocycles. The van der Waals surface area contributed by atoms with Crippen molar-refractivity contribution in [3.63, 3.8) is 0 Å². The second-order valence-electron chi connectivity index (χ2n) is 3.95. The third-order valence-corrected chi connectivity index (χ3v) is 2.37. The third-order valence-electron chi connectivity index (χ3n) is 2.37. The van der Waals surface area contributed by atoms with Crippen molar-refractivity contribution < 1.29 is 14.6 Å². The minimum absolute atomic E-state index is 0.207. The Hall–Kier alpha value is -2.28. The Kier molecular flexibility index (Phi) is 5.46. The predicted molar refractivity (Wildman–Crippen MR) is 68.0 cm³/mol. The number of hydrogen-bond donors (Lipinski definition) is 1. The number of rotatable bonds is 5. The van der Waals surface area contributed by atoms with E-state index in [1.807, 2.05) is 31.2 Å². The molecule has 0 aromatic heterocycles. The third kappa shape index (κ3) is 5.17. The Labute approximate surface area is 106 Å². The second kappa shape index (κ2) is 7.13. The molecule has 0 amide bonds. The molecule has 0 bridgehead atoms. The van der Waals surface area contributed by atoms with Gasteiger partial charge in [0.25, 0.3) is 0 Å². The van der Waals surface area contributed by atoms with Crippen LogP contribution in [0.2, 0.25) is 0 Å². The van der Waals surface area contributed by atoms with E-state index in [1.54, 1.807) is 6.07 Å². The van der Waals surface area contributed by atoms with E-state index in [9.17, 15) is 4.79 Å². The standard InChI is InChI=1S/C14H15NO3/c1-11(4-3-7-18-14(16)17)8-12-5-2-6-13(9-12)10-15/h2,5-6,8-9H,3-4,7H2,1H3,(H,16,17). The minimum atomic E-state index is -1.24. The van der Waals surface area contributed by atoms with E-state index < -0.39 is 6.16 Å². The number of carboxylic acid groups (broad SMARTS) is 1. The summed E-state index contributed by atoms with van der Waals surface area (Å²) in [6.45, 7) is 2.18. The second-order valence-corrected chi connectivity index (χ2v) is 3.95. The van der Waals surface area contributed by atoms with Crippen molar-refractivity contribution in [1.29, 1.82) is 5.26 Å². The van der Waals surface area contributed by atoms with Crippen molar-refractivity contribution >= 4 is 12.2 Å². The maximum Gasteiger partial charge on any atom is 0.505 e. The molecule has 0 radical (unpaired) electrons. The summed E-state index contributed by atoms with van der Waals surface area (Å²) in [4.78, 5) is 10.1. The Morgan fingerprint density at radius 2 is 2.33 bits per heavy atom. The van der Waals surface area contributed by atoms with Gasteiger partial charge in [-0.3, -0.25) is 0 Å². The van der Waals surface area contributed by atoms with Crippen LogP contribution in [0.25, 0.3) is 6.08 Å². The van der Waals surface area contributed by atoms with Crippen LogP contribution in [0, 0.1) is 11.3 Å². The number of carbonyl (C=O) groups is 1. The first-order chi connectivity index (χ1) is 8.61. The molecule has 1 rings (SSSR count). The summed E-state index contributed by atoms with van der Waals surface area (Å²) in [5.41, 5.74) is 2.73. The number of nitrogens with zero attached hydrogens (tertiary/aromatic N) is 1. The monoisotopic (exact) mass is 245 g/mol. The normalized spacial score (nSPS) is 10.8. The Balaban J connectivity index is 2.49. The van der Waals surface area contributed by atoms with Crippen molar-refractivity contribution in [2.45, 2.75) is 19.8 Å². The first-order valence-corrected chi connectivity index (χ1v) is 5.65. The van der Waals surface area contributed by atoms with Crippen LogP contribution in [0.1, 0.15) is 30.9 Å². The smallest absolute Gasteiger partial charge is 0.450 e. The van der Waals surface area contributed by atoms with E-state index in [4.69, 9.17) is 10.4 Å². The molecule has 1 aromatic rings. The van der Waals surface area contributed by atoms with Gasteiger partial charge in [0.2, 0.25) is 0 Å². The van der Waals surface area contributed by atoms with Crippen LogP contribution in [0.3, 0.4) is 0 Å². The summed E-state index contributed by atoms with van der Waals surface area (Å²) in [6.07, 6.45) is 2.18. The van der Waals surface area contributed by atoms with E-state index in [1.165, 1.54) is 0 Å². The van der Waals surface area contributed by atoms with Gasteiger partial charge < -0.3 is 9.84 Å². The highest BCUT2D eigenvalue weighted by molar-refractivity contribution is 5.56. The summed E-state index contributed by atoms with van der Waals surface area (Å²) in [7, 11) is 0. The molecule has 0 aliphatic carbocycles. The van der Waals surface area contributed by atoms with Gasteiger partial charge in [0.15, 0.2) is 0 Å². The Morgan fingerprint density at radius 1 is 1.56 bits per heavy atom. The molecule has 18 heavy (non-hydrogen) atoms. The summed E-state index contributed by atoms with van der Waals surface area (Å²) < 4.78 is 4.43. The van der Waals surface area contributed by atoms with Crippen molar-refractivity contribution in [3.8, 4) is 6.07 Å². The van der Waals surface area contributed by atoms with Gasteiger partial charge in [0, 0.05) is 0 Å². The molecular formula is C14H15NO3. The quantitative estimate of drug-likeness (QED) is 0.637. The zero-order valence-corrected chi connectivity index (χ0v) is 10.2. The van der Waals surface area contributed by atoms with Crippen LogP contribution in [-0.4, -0.2) is 17.9 Å². The molecule has 0 fully saturated rings. The van der Waals surface area contributed by atoms with Crippen molar-refractivity contribution in [2.24, 2.45) is 0 Å².